The fourth-order valence-corrected chi connectivity index (χ4v) is 2.18. The summed E-state index contributed by atoms with van der Waals surface area (Å²) in [5.41, 5.74) is 7.07. The second kappa shape index (κ2) is 8.39. The molecule has 0 amide bonds. The van der Waals surface area contributed by atoms with Crippen molar-refractivity contribution in [3.63, 3.8) is 0 Å². The molecule has 0 saturated carbocycles. The summed E-state index contributed by atoms with van der Waals surface area (Å²) in [5, 5.41) is 4.58. The number of aromatic nitrogens is 2. The second-order valence-electron chi connectivity index (χ2n) is 4.95. The van der Waals surface area contributed by atoms with Gasteiger partial charge in [0, 0.05) is 11.6 Å². The number of halogens is 1. The maximum atomic E-state index is 11.4. The maximum Gasteiger partial charge on any atom is 0.344 e. The van der Waals surface area contributed by atoms with E-state index in [1.54, 1.807) is 25.3 Å². The molecule has 0 unspecified atom stereocenters. The number of anilines is 1. The van der Waals surface area contributed by atoms with Crippen LogP contribution in [-0.2, 0) is 9.53 Å². The van der Waals surface area contributed by atoms with Gasteiger partial charge in [-0.2, -0.15) is 5.10 Å². The Bertz CT molecular complexity index is 789. The molecule has 25 heavy (non-hydrogen) atoms. The number of nitrogen functional groups attached to an aromatic ring is 1. The van der Waals surface area contributed by atoms with E-state index >= 15 is 0 Å². The summed E-state index contributed by atoms with van der Waals surface area (Å²) in [4.78, 5) is 15.5. The number of rotatable bonds is 7. The van der Waals surface area contributed by atoms with Gasteiger partial charge >= 0.3 is 5.97 Å². The topological polar surface area (TPSA) is 101 Å². The Morgan fingerprint density at radius 2 is 2.20 bits per heavy atom. The largest absolute Gasteiger partial charge is 0.493 e. The van der Waals surface area contributed by atoms with Crippen molar-refractivity contribution in [2.45, 2.75) is 13.8 Å². The molecule has 2 aromatic rings. The summed E-state index contributed by atoms with van der Waals surface area (Å²) < 4.78 is 16.9. The lowest BCUT2D eigenvalue weighted by atomic mass is 10.2. The third-order valence-electron chi connectivity index (χ3n) is 3.09. The second-order valence-corrected chi connectivity index (χ2v) is 5.36. The Hall–Kier alpha value is -2.74. The van der Waals surface area contributed by atoms with E-state index in [1.807, 2.05) is 6.92 Å². The van der Waals surface area contributed by atoms with E-state index in [0.717, 1.165) is 5.69 Å². The van der Waals surface area contributed by atoms with Gasteiger partial charge in [0.25, 0.3) is 0 Å². The van der Waals surface area contributed by atoms with Gasteiger partial charge in [0.15, 0.2) is 18.1 Å². The average Bonchev–Trinajstić information content (AvgIpc) is 2.89. The zero-order valence-electron chi connectivity index (χ0n) is 14.2. The molecule has 2 N–H and O–H groups in total. The number of hydrogen-bond acceptors (Lipinski definition) is 7. The molecular weight excluding hydrogens is 348 g/mol. The van der Waals surface area contributed by atoms with Crippen LogP contribution in [0.2, 0.25) is 5.02 Å². The fourth-order valence-electron chi connectivity index (χ4n) is 1.98. The van der Waals surface area contributed by atoms with E-state index in [0.29, 0.717) is 22.1 Å². The SMILES string of the molecule is CCOC(=O)COc1cc(Cl)c(C=Nn2cc(C)nc2N)cc1OC. The quantitative estimate of drug-likeness (QED) is 0.595. The summed E-state index contributed by atoms with van der Waals surface area (Å²) in [5.74, 6) is 0.532. The first kappa shape index (κ1) is 18.6. The molecule has 0 bridgehead atoms. The van der Waals surface area contributed by atoms with Gasteiger partial charge in [-0.15, -0.1) is 0 Å². The van der Waals surface area contributed by atoms with Gasteiger partial charge < -0.3 is 19.9 Å². The van der Waals surface area contributed by atoms with Crippen LogP contribution in [-0.4, -0.2) is 42.2 Å². The third-order valence-corrected chi connectivity index (χ3v) is 3.42. The molecule has 2 rings (SSSR count). The molecule has 134 valence electrons. The van der Waals surface area contributed by atoms with Crippen molar-refractivity contribution in [2.24, 2.45) is 5.10 Å². The average molecular weight is 367 g/mol. The Balaban J connectivity index is 2.20. The molecule has 0 atom stereocenters. The number of carbonyl (C=O) groups excluding carboxylic acids is 1. The molecule has 0 radical (unpaired) electrons. The van der Waals surface area contributed by atoms with Crippen molar-refractivity contribution in [1.29, 1.82) is 0 Å². The van der Waals surface area contributed by atoms with Gasteiger partial charge in [-0.25, -0.2) is 14.5 Å². The number of carbonyl (C=O) groups is 1. The summed E-state index contributed by atoms with van der Waals surface area (Å²) >= 11 is 6.25. The van der Waals surface area contributed by atoms with Crippen LogP contribution in [0.5, 0.6) is 11.5 Å². The Morgan fingerprint density at radius 3 is 2.80 bits per heavy atom. The highest BCUT2D eigenvalue weighted by molar-refractivity contribution is 6.33. The monoisotopic (exact) mass is 366 g/mol. The molecule has 0 aliphatic rings. The minimum absolute atomic E-state index is 0.237. The standard InChI is InChI=1S/C16H19ClN4O4/c1-4-24-15(22)9-25-14-6-12(17)11(5-13(14)23-3)7-19-21-8-10(2)20-16(21)18/h5-8H,4,9H2,1-3H3,(H2,18,20). The summed E-state index contributed by atoms with van der Waals surface area (Å²) in [6.07, 6.45) is 3.21. The van der Waals surface area contributed by atoms with E-state index in [4.69, 9.17) is 31.5 Å². The maximum absolute atomic E-state index is 11.4. The van der Waals surface area contributed by atoms with E-state index < -0.39 is 5.97 Å². The van der Waals surface area contributed by atoms with Crippen molar-refractivity contribution in [3.05, 3.63) is 34.6 Å². The summed E-state index contributed by atoms with van der Waals surface area (Å²) in [7, 11) is 1.48. The van der Waals surface area contributed by atoms with Crippen molar-refractivity contribution in [2.75, 3.05) is 26.1 Å². The molecule has 0 spiro atoms. The molecule has 1 aromatic heterocycles. The van der Waals surface area contributed by atoms with Gasteiger partial charge in [-0.05, 0) is 19.9 Å². The van der Waals surface area contributed by atoms with E-state index in [9.17, 15) is 4.79 Å². The lowest BCUT2D eigenvalue weighted by molar-refractivity contribution is -0.145. The van der Waals surface area contributed by atoms with Crippen LogP contribution in [0.3, 0.4) is 0 Å². The Labute approximate surface area is 150 Å². The molecule has 0 fully saturated rings. The Kier molecular flexibility index (Phi) is 6.24. The van der Waals surface area contributed by atoms with Gasteiger partial charge in [0.2, 0.25) is 5.95 Å². The predicted octanol–water partition coefficient (Wildman–Crippen LogP) is 2.26. The molecule has 0 saturated heterocycles. The molecular formula is C16H19ClN4O4. The highest BCUT2D eigenvalue weighted by Crippen LogP contribution is 2.32. The van der Waals surface area contributed by atoms with Crippen LogP contribution in [0, 0.1) is 6.92 Å². The van der Waals surface area contributed by atoms with E-state index in [1.165, 1.54) is 18.0 Å². The minimum Gasteiger partial charge on any atom is -0.493 e. The van der Waals surface area contributed by atoms with Crippen LogP contribution >= 0.6 is 11.6 Å². The van der Waals surface area contributed by atoms with E-state index in [2.05, 4.69) is 10.1 Å². The number of hydrogen-bond donors (Lipinski definition) is 1. The number of aryl methyl sites for hydroxylation is 1. The summed E-state index contributed by atoms with van der Waals surface area (Å²) in [6.45, 7) is 3.58. The number of nitrogens with two attached hydrogens (primary N) is 1. The Morgan fingerprint density at radius 1 is 1.44 bits per heavy atom. The third kappa shape index (κ3) is 4.87. The van der Waals surface area contributed by atoms with Crippen LogP contribution in [0.1, 0.15) is 18.2 Å². The van der Waals surface area contributed by atoms with Crippen LogP contribution in [0.4, 0.5) is 5.95 Å². The molecule has 9 heteroatoms. The molecule has 8 nitrogen and oxygen atoms in total. The molecule has 1 heterocycles. The van der Waals surface area contributed by atoms with E-state index in [-0.39, 0.29) is 19.2 Å². The van der Waals surface area contributed by atoms with Gasteiger partial charge in [-0.3, -0.25) is 0 Å². The van der Waals surface area contributed by atoms with Crippen LogP contribution < -0.4 is 15.2 Å². The number of methoxy groups -OCH3 is 1. The molecule has 0 aliphatic carbocycles. The summed E-state index contributed by atoms with van der Waals surface area (Å²) in [6, 6.07) is 3.19. The smallest absolute Gasteiger partial charge is 0.344 e. The first-order valence-electron chi connectivity index (χ1n) is 7.46. The van der Waals surface area contributed by atoms with Crippen molar-refractivity contribution in [3.8, 4) is 11.5 Å². The molecule has 0 aliphatic heterocycles. The predicted molar refractivity (Wildman–Crippen MR) is 94.5 cm³/mol. The first-order valence-corrected chi connectivity index (χ1v) is 7.84. The van der Waals surface area contributed by atoms with Gasteiger partial charge in [0.1, 0.15) is 0 Å². The highest BCUT2D eigenvalue weighted by Gasteiger charge is 2.12. The highest BCUT2D eigenvalue weighted by atomic mass is 35.5. The van der Waals surface area contributed by atoms with Gasteiger partial charge in [-0.1, -0.05) is 11.6 Å². The zero-order valence-corrected chi connectivity index (χ0v) is 14.9. The van der Waals surface area contributed by atoms with Gasteiger partial charge in [0.05, 0.1) is 36.8 Å². The van der Waals surface area contributed by atoms with Crippen LogP contribution in [0.25, 0.3) is 0 Å². The van der Waals surface area contributed by atoms with Crippen molar-refractivity contribution in [1.82, 2.24) is 9.66 Å². The number of benzene rings is 1. The van der Waals surface area contributed by atoms with Crippen molar-refractivity contribution < 1.29 is 19.0 Å². The minimum atomic E-state index is -0.475. The number of ether oxygens (including phenoxy) is 3. The number of nitrogens with zero attached hydrogens (tertiary/aromatic N) is 3. The molecule has 1 aromatic carbocycles. The normalized spacial score (nSPS) is 10.9. The zero-order chi connectivity index (χ0) is 18.4. The number of imidazole rings is 1. The van der Waals surface area contributed by atoms with Crippen molar-refractivity contribution >= 4 is 29.7 Å². The fraction of sp³-hybridized carbons (Fsp3) is 0.312. The first-order chi connectivity index (χ1) is 11.9. The van der Waals surface area contributed by atoms with Crippen LogP contribution in [0.15, 0.2) is 23.4 Å². The lowest BCUT2D eigenvalue weighted by Gasteiger charge is -2.12. The number of esters is 1. The lowest BCUT2D eigenvalue weighted by Crippen LogP contribution is -2.15.